The van der Waals surface area contributed by atoms with Gasteiger partial charge in [0.05, 0.1) is 30.3 Å². The Labute approximate surface area is 184 Å². The van der Waals surface area contributed by atoms with Crippen LogP contribution in [0, 0.1) is 0 Å². The maximum absolute atomic E-state index is 13.3. The minimum Gasteiger partial charge on any atom is -0.496 e. The Morgan fingerprint density at radius 2 is 1.90 bits per heavy atom. The molecule has 3 aromatic rings. The van der Waals surface area contributed by atoms with Gasteiger partial charge in [0.15, 0.2) is 5.65 Å². The molecule has 166 valence electrons. The number of fused-ring (bicyclic) bond motifs is 1. The van der Waals surface area contributed by atoms with Crippen molar-refractivity contribution in [3.63, 3.8) is 0 Å². The second-order valence-electron chi connectivity index (χ2n) is 8.60. The summed E-state index contributed by atoms with van der Waals surface area (Å²) in [4.78, 5) is 20.2. The number of hydrogen-bond donors (Lipinski definition) is 1. The quantitative estimate of drug-likeness (QED) is 0.589. The lowest BCUT2D eigenvalue weighted by Crippen LogP contribution is -2.35. The number of ether oxygens (including phenoxy) is 1. The van der Waals surface area contributed by atoms with Crippen molar-refractivity contribution in [2.24, 2.45) is 0 Å². The fourth-order valence-electron chi connectivity index (χ4n) is 3.70. The van der Waals surface area contributed by atoms with Crippen molar-refractivity contribution >= 4 is 16.9 Å². The van der Waals surface area contributed by atoms with Crippen LogP contribution >= 0.6 is 0 Å². The maximum atomic E-state index is 13.3. The first-order valence-corrected chi connectivity index (χ1v) is 10.7. The summed E-state index contributed by atoms with van der Waals surface area (Å²) in [6, 6.07) is 9.92. The number of benzene rings is 1. The van der Waals surface area contributed by atoms with Crippen molar-refractivity contribution in [3.05, 3.63) is 53.3 Å². The van der Waals surface area contributed by atoms with E-state index in [0.29, 0.717) is 12.1 Å². The van der Waals surface area contributed by atoms with E-state index >= 15 is 0 Å². The van der Waals surface area contributed by atoms with Crippen molar-refractivity contribution in [2.75, 3.05) is 27.7 Å². The molecule has 2 aromatic heterocycles. The number of nitrogens with zero attached hydrogens (tertiary/aromatic N) is 4. The smallest absolute Gasteiger partial charge is 0.252 e. The zero-order chi connectivity index (χ0) is 22.7. The number of methoxy groups -OCH3 is 1. The number of aromatic nitrogens is 3. The predicted octanol–water partition coefficient (Wildman–Crippen LogP) is 4.18. The first kappa shape index (κ1) is 22.7. The van der Waals surface area contributed by atoms with Crippen LogP contribution in [0.3, 0.4) is 0 Å². The molecule has 0 aliphatic heterocycles. The first-order valence-electron chi connectivity index (χ1n) is 10.7. The Hall–Kier alpha value is -2.93. The Morgan fingerprint density at radius 1 is 1.19 bits per heavy atom. The molecule has 0 saturated heterocycles. The van der Waals surface area contributed by atoms with Crippen LogP contribution < -0.4 is 10.1 Å². The molecule has 1 N–H and O–H groups in total. The van der Waals surface area contributed by atoms with Crippen LogP contribution in [-0.4, -0.2) is 53.3 Å². The van der Waals surface area contributed by atoms with E-state index in [1.165, 1.54) is 0 Å². The van der Waals surface area contributed by atoms with E-state index < -0.39 is 0 Å². The molecule has 0 saturated carbocycles. The van der Waals surface area contributed by atoms with Crippen molar-refractivity contribution < 1.29 is 9.53 Å². The Balaban J connectivity index is 1.93. The van der Waals surface area contributed by atoms with Gasteiger partial charge in [-0.15, -0.1) is 0 Å². The summed E-state index contributed by atoms with van der Waals surface area (Å²) in [5, 5.41) is 8.38. The van der Waals surface area contributed by atoms with Gasteiger partial charge >= 0.3 is 0 Å². The van der Waals surface area contributed by atoms with Gasteiger partial charge in [0, 0.05) is 23.8 Å². The van der Waals surface area contributed by atoms with Gasteiger partial charge in [0.25, 0.3) is 5.91 Å². The fourth-order valence-corrected chi connectivity index (χ4v) is 3.70. The largest absolute Gasteiger partial charge is 0.496 e. The molecule has 1 amide bonds. The number of rotatable bonds is 8. The van der Waals surface area contributed by atoms with E-state index in [1.54, 1.807) is 13.3 Å². The number of pyridine rings is 1. The van der Waals surface area contributed by atoms with Gasteiger partial charge in [0.2, 0.25) is 0 Å². The minimum absolute atomic E-state index is 0.0274. The van der Waals surface area contributed by atoms with Gasteiger partial charge in [-0.05, 0) is 46.0 Å². The first-order chi connectivity index (χ1) is 14.7. The zero-order valence-corrected chi connectivity index (χ0v) is 19.5. The summed E-state index contributed by atoms with van der Waals surface area (Å²) in [5.41, 5.74) is 3.28. The molecule has 0 aliphatic rings. The lowest BCUT2D eigenvalue weighted by atomic mass is 10.0. The van der Waals surface area contributed by atoms with E-state index in [1.807, 2.05) is 49.1 Å². The lowest BCUT2D eigenvalue weighted by molar-refractivity contribution is 0.0943. The highest BCUT2D eigenvalue weighted by Crippen LogP contribution is 2.28. The topological polar surface area (TPSA) is 72.3 Å². The SMILES string of the molecule is COc1ccccc1C(CNC(=O)c1cc(C(C)C)nc2c1cnn2C(C)C)N(C)C. The average molecular weight is 424 g/mol. The molecule has 7 heteroatoms. The monoisotopic (exact) mass is 423 g/mol. The zero-order valence-electron chi connectivity index (χ0n) is 19.5. The minimum atomic E-state index is -0.126. The van der Waals surface area contributed by atoms with Gasteiger partial charge < -0.3 is 15.0 Å². The molecule has 3 rings (SSSR count). The fraction of sp³-hybridized carbons (Fsp3) is 0.458. The molecule has 0 aliphatic carbocycles. The highest BCUT2D eigenvalue weighted by Gasteiger charge is 2.22. The molecule has 0 bridgehead atoms. The molecule has 2 heterocycles. The maximum Gasteiger partial charge on any atom is 0.252 e. The van der Waals surface area contributed by atoms with Gasteiger partial charge in [-0.1, -0.05) is 32.0 Å². The van der Waals surface area contributed by atoms with Crippen LogP contribution in [0.1, 0.15) is 67.3 Å². The van der Waals surface area contributed by atoms with Crippen LogP contribution in [-0.2, 0) is 0 Å². The molecule has 1 atom stereocenters. The van der Waals surface area contributed by atoms with E-state index in [2.05, 4.69) is 43.0 Å². The number of amides is 1. The van der Waals surface area contributed by atoms with Gasteiger partial charge in [-0.2, -0.15) is 5.10 Å². The van der Waals surface area contributed by atoms with Crippen LogP contribution in [0.4, 0.5) is 0 Å². The van der Waals surface area contributed by atoms with Crippen molar-refractivity contribution in [1.82, 2.24) is 25.0 Å². The normalized spacial score (nSPS) is 12.7. The van der Waals surface area contributed by atoms with Crippen LogP contribution in [0.5, 0.6) is 5.75 Å². The Bertz CT molecular complexity index is 1060. The molecule has 1 aromatic carbocycles. The van der Waals surface area contributed by atoms with Crippen LogP contribution in [0.2, 0.25) is 0 Å². The summed E-state index contributed by atoms with van der Waals surface area (Å²) in [6.45, 7) is 8.73. The molecule has 0 radical (unpaired) electrons. The van der Waals surface area contributed by atoms with Gasteiger partial charge in [0.1, 0.15) is 5.75 Å². The van der Waals surface area contributed by atoms with Gasteiger partial charge in [-0.3, -0.25) is 4.79 Å². The molecule has 31 heavy (non-hydrogen) atoms. The van der Waals surface area contributed by atoms with E-state index in [9.17, 15) is 4.79 Å². The van der Waals surface area contributed by atoms with Crippen molar-refractivity contribution in [3.8, 4) is 5.75 Å². The molecular formula is C24H33N5O2. The molecule has 1 unspecified atom stereocenters. The standard InChI is InChI=1S/C24H33N5O2/c1-15(2)20-12-18(19-13-26-29(16(3)4)23(19)27-20)24(30)25-14-21(28(5)6)17-10-8-9-11-22(17)31-7/h8-13,15-16,21H,14H2,1-7H3,(H,25,30). The van der Waals surface area contributed by atoms with E-state index in [0.717, 1.165) is 28.0 Å². The summed E-state index contributed by atoms with van der Waals surface area (Å²) in [7, 11) is 5.66. The number of carbonyl (C=O) groups is 1. The summed E-state index contributed by atoms with van der Waals surface area (Å²) < 4.78 is 7.40. The Morgan fingerprint density at radius 3 is 2.52 bits per heavy atom. The highest BCUT2D eigenvalue weighted by molar-refractivity contribution is 6.05. The summed E-state index contributed by atoms with van der Waals surface area (Å²) in [6.07, 6.45) is 1.74. The summed E-state index contributed by atoms with van der Waals surface area (Å²) in [5.74, 6) is 0.885. The number of carbonyl (C=O) groups excluding carboxylic acids is 1. The average Bonchev–Trinajstić information content (AvgIpc) is 3.17. The molecular weight excluding hydrogens is 390 g/mol. The lowest BCUT2D eigenvalue weighted by Gasteiger charge is -2.26. The number of nitrogens with one attached hydrogen (secondary N) is 1. The third-order valence-electron chi connectivity index (χ3n) is 5.49. The van der Waals surface area contributed by atoms with Crippen LogP contribution in [0.25, 0.3) is 11.0 Å². The number of hydrogen-bond acceptors (Lipinski definition) is 5. The molecule has 7 nitrogen and oxygen atoms in total. The number of para-hydroxylation sites is 1. The van der Waals surface area contributed by atoms with E-state index in [4.69, 9.17) is 9.72 Å². The van der Waals surface area contributed by atoms with Crippen molar-refractivity contribution in [1.29, 1.82) is 0 Å². The third kappa shape index (κ3) is 4.71. The molecule has 0 spiro atoms. The summed E-state index contributed by atoms with van der Waals surface area (Å²) >= 11 is 0. The highest BCUT2D eigenvalue weighted by atomic mass is 16.5. The second kappa shape index (κ2) is 9.47. The van der Waals surface area contributed by atoms with Gasteiger partial charge in [-0.25, -0.2) is 9.67 Å². The van der Waals surface area contributed by atoms with Crippen LogP contribution in [0.15, 0.2) is 36.5 Å². The Kier molecular flexibility index (Phi) is 6.95. The number of likely N-dealkylation sites (N-methyl/N-ethyl adjacent to an activating group) is 1. The molecule has 0 fully saturated rings. The van der Waals surface area contributed by atoms with E-state index in [-0.39, 0.29) is 23.9 Å². The second-order valence-corrected chi connectivity index (χ2v) is 8.60. The predicted molar refractivity (Wildman–Crippen MR) is 124 cm³/mol. The van der Waals surface area contributed by atoms with Crippen molar-refractivity contribution in [2.45, 2.75) is 45.7 Å². The third-order valence-corrected chi connectivity index (χ3v) is 5.49.